The number of hydrogen-bond acceptors (Lipinski definition) is 8. The number of allylic oxidation sites excluding steroid dienone is 16. The highest BCUT2D eigenvalue weighted by molar-refractivity contribution is 5.76. The predicted octanol–water partition coefficient (Wildman–Crippen LogP) is 14.4. The Morgan fingerprint density at radius 2 is 0.873 bits per heavy atom. The number of ether oxygens (including phenoxy) is 2. The van der Waals surface area contributed by atoms with Crippen molar-refractivity contribution in [3.8, 4) is 0 Å². The van der Waals surface area contributed by atoms with E-state index in [-0.39, 0.29) is 12.5 Å². The first-order valence-corrected chi connectivity index (χ1v) is 28.9. The number of aliphatic hydroxyl groups is 5. The summed E-state index contributed by atoms with van der Waals surface area (Å²) < 4.78 is 11.3. The highest BCUT2D eigenvalue weighted by Gasteiger charge is 2.44. The van der Waals surface area contributed by atoms with Gasteiger partial charge in [0.1, 0.15) is 24.4 Å². The predicted molar refractivity (Wildman–Crippen MR) is 299 cm³/mol. The quantitative estimate of drug-likeness (QED) is 0.0261. The minimum absolute atomic E-state index is 0.162. The van der Waals surface area contributed by atoms with Gasteiger partial charge in [0.2, 0.25) is 5.91 Å². The normalized spacial score (nSPS) is 20.0. The van der Waals surface area contributed by atoms with Gasteiger partial charge in [0.25, 0.3) is 0 Å². The number of carbonyl (C=O) groups is 1. The van der Waals surface area contributed by atoms with Gasteiger partial charge in [0.05, 0.1) is 25.4 Å². The molecule has 0 aromatic carbocycles. The fourth-order valence-electron chi connectivity index (χ4n) is 8.65. The van der Waals surface area contributed by atoms with Crippen molar-refractivity contribution in [2.45, 2.75) is 275 Å². The molecule has 0 aromatic rings. The van der Waals surface area contributed by atoms with E-state index in [9.17, 15) is 30.3 Å². The van der Waals surface area contributed by atoms with Gasteiger partial charge in [0.15, 0.2) is 6.29 Å². The molecule has 9 heteroatoms. The van der Waals surface area contributed by atoms with Gasteiger partial charge in [-0.2, -0.15) is 0 Å². The Bertz CT molecular complexity index is 1430. The largest absolute Gasteiger partial charge is 0.394 e. The number of aliphatic hydroxyl groups excluding tert-OH is 5. The molecule has 0 radical (unpaired) electrons. The van der Waals surface area contributed by atoms with Crippen LogP contribution in [-0.4, -0.2) is 87.5 Å². The maximum Gasteiger partial charge on any atom is 0.220 e. The Balaban J connectivity index is 2.28. The minimum atomic E-state index is -1.57. The fraction of sp³-hybridized carbons (Fsp3) is 0.726. The van der Waals surface area contributed by atoms with E-state index in [0.29, 0.717) is 19.3 Å². The minimum Gasteiger partial charge on any atom is -0.394 e. The molecule has 9 nitrogen and oxygen atoms in total. The molecule has 1 aliphatic rings. The molecule has 1 saturated heterocycles. The maximum absolute atomic E-state index is 13.1. The van der Waals surface area contributed by atoms with Gasteiger partial charge in [0, 0.05) is 6.42 Å². The second kappa shape index (κ2) is 50.6. The van der Waals surface area contributed by atoms with Crippen LogP contribution in [-0.2, 0) is 14.3 Å². The molecule has 0 aromatic heterocycles. The summed E-state index contributed by atoms with van der Waals surface area (Å²) >= 11 is 0. The first-order chi connectivity index (χ1) is 34.8. The topological polar surface area (TPSA) is 149 Å². The van der Waals surface area contributed by atoms with Crippen molar-refractivity contribution in [3.05, 3.63) is 97.2 Å². The van der Waals surface area contributed by atoms with Crippen LogP contribution in [0.4, 0.5) is 0 Å². The van der Waals surface area contributed by atoms with Gasteiger partial charge >= 0.3 is 0 Å². The van der Waals surface area contributed by atoms with Gasteiger partial charge in [-0.25, -0.2) is 0 Å². The zero-order chi connectivity index (χ0) is 51.5. The second-order valence-corrected chi connectivity index (χ2v) is 19.7. The van der Waals surface area contributed by atoms with E-state index >= 15 is 0 Å². The fourth-order valence-corrected chi connectivity index (χ4v) is 8.65. The molecular formula is C62H107NO8. The summed E-state index contributed by atoms with van der Waals surface area (Å²) in [7, 11) is 0. The van der Waals surface area contributed by atoms with Crippen molar-refractivity contribution >= 4 is 5.91 Å². The number of nitrogens with one attached hydrogen (secondary N) is 1. The average molecular weight is 995 g/mol. The van der Waals surface area contributed by atoms with Crippen LogP contribution in [0.2, 0.25) is 0 Å². The van der Waals surface area contributed by atoms with Gasteiger partial charge in [-0.1, -0.05) is 246 Å². The Hall–Kier alpha value is -2.89. The molecular weight excluding hydrogens is 887 g/mol. The van der Waals surface area contributed by atoms with E-state index in [1.54, 1.807) is 0 Å². The lowest BCUT2D eigenvalue weighted by Crippen LogP contribution is -2.60. The number of amides is 1. The summed E-state index contributed by atoms with van der Waals surface area (Å²) in [5, 5.41) is 54.7. The van der Waals surface area contributed by atoms with Gasteiger partial charge in [-0.15, -0.1) is 0 Å². The van der Waals surface area contributed by atoms with Crippen LogP contribution >= 0.6 is 0 Å². The van der Waals surface area contributed by atoms with Crippen molar-refractivity contribution < 1.29 is 39.8 Å². The van der Waals surface area contributed by atoms with Crippen LogP contribution in [0, 0.1) is 0 Å². The number of unbranched alkanes of at least 4 members (excludes halogenated alkanes) is 22. The third-order valence-corrected chi connectivity index (χ3v) is 13.2. The summed E-state index contributed by atoms with van der Waals surface area (Å²) in [6, 6.07) is -0.750. The summed E-state index contributed by atoms with van der Waals surface area (Å²) in [6.45, 7) is 3.71. The Labute approximate surface area is 434 Å². The smallest absolute Gasteiger partial charge is 0.220 e. The van der Waals surface area contributed by atoms with Crippen LogP contribution in [0.15, 0.2) is 97.2 Å². The van der Waals surface area contributed by atoms with Crippen LogP contribution in [0.3, 0.4) is 0 Å². The van der Waals surface area contributed by atoms with Crippen molar-refractivity contribution in [1.82, 2.24) is 5.32 Å². The average Bonchev–Trinajstić information content (AvgIpc) is 3.37. The third-order valence-electron chi connectivity index (χ3n) is 13.2. The SMILES string of the molecule is CC/C=C\C/C=C\C/C=C\C/C=C\C/C=C\C/C=C\C/C=C\C/C=C\CCCCC(=O)NC(COC1OC(CO)C(O)C(O)C1O)C(O)CCCCCCCCCCCCCCCCCCCCCCC. The van der Waals surface area contributed by atoms with Gasteiger partial charge < -0.3 is 40.3 Å². The first kappa shape index (κ1) is 66.1. The van der Waals surface area contributed by atoms with Crippen molar-refractivity contribution in [2.24, 2.45) is 0 Å². The molecule has 408 valence electrons. The first-order valence-electron chi connectivity index (χ1n) is 28.9. The van der Waals surface area contributed by atoms with Crippen LogP contribution in [0.25, 0.3) is 0 Å². The molecule has 1 rings (SSSR count). The zero-order valence-corrected chi connectivity index (χ0v) is 45.2. The zero-order valence-electron chi connectivity index (χ0n) is 45.2. The summed E-state index contributed by atoms with van der Waals surface area (Å²) in [4.78, 5) is 13.1. The van der Waals surface area contributed by atoms with E-state index in [0.717, 1.165) is 83.5 Å². The molecule has 0 bridgehead atoms. The molecule has 0 spiro atoms. The van der Waals surface area contributed by atoms with Crippen molar-refractivity contribution in [1.29, 1.82) is 0 Å². The Kier molecular flexibility index (Phi) is 47.2. The molecule has 71 heavy (non-hydrogen) atoms. The molecule has 1 amide bonds. The molecule has 1 fully saturated rings. The molecule has 1 heterocycles. The highest BCUT2D eigenvalue weighted by atomic mass is 16.7. The van der Waals surface area contributed by atoms with Gasteiger partial charge in [-0.3, -0.25) is 4.79 Å². The van der Waals surface area contributed by atoms with E-state index in [4.69, 9.17) is 9.47 Å². The lowest BCUT2D eigenvalue weighted by Gasteiger charge is -2.40. The van der Waals surface area contributed by atoms with E-state index in [2.05, 4.69) is 116 Å². The van der Waals surface area contributed by atoms with Crippen molar-refractivity contribution in [3.63, 3.8) is 0 Å². The Morgan fingerprint density at radius 1 is 0.493 bits per heavy atom. The van der Waals surface area contributed by atoms with Crippen LogP contribution < -0.4 is 5.32 Å². The van der Waals surface area contributed by atoms with E-state index in [1.807, 2.05) is 0 Å². The summed E-state index contributed by atoms with van der Waals surface area (Å²) in [5.74, 6) is -0.188. The summed E-state index contributed by atoms with van der Waals surface area (Å²) in [5.41, 5.74) is 0. The van der Waals surface area contributed by atoms with E-state index in [1.165, 1.54) is 116 Å². The molecule has 6 N–H and O–H groups in total. The molecule has 7 unspecified atom stereocenters. The molecule has 1 aliphatic heterocycles. The highest BCUT2D eigenvalue weighted by Crippen LogP contribution is 2.23. The molecule has 7 atom stereocenters. The second-order valence-electron chi connectivity index (χ2n) is 19.7. The Morgan fingerprint density at radius 3 is 1.27 bits per heavy atom. The maximum atomic E-state index is 13.1. The third kappa shape index (κ3) is 40.2. The van der Waals surface area contributed by atoms with E-state index < -0.39 is 49.5 Å². The number of carbonyl (C=O) groups excluding carboxylic acids is 1. The lowest BCUT2D eigenvalue weighted by atomic mass is 9.99. The number of hydrogen-bond donors (Lipinski definition) is 6. The monoisotopic (exact) mass is 994 g/mol. The molecule has 0 aliphatic carbocycles. The van der Waals surface area contributed by atoms with Gasteiger partial charge in [-0.05, 0) is 77.0 Å². The molecule has 0 saturated carbocycles. The lowest BCUT2D eigenvalue weighted by molar-refractivity contribution is -0.302. The summed E-state index contributed by atoms with van der Waals surface area (Å²) in [6.07, 6.45) is 65.7. The standard InChI is InChI=1S/C62H107NO8/c1-3-5-7-9-11-13-15-17-19-21-23-25-26-27-28-29-30-32-34-36-38-40-42-44-46-48-50-52-58(66)63-55(54-70-62-61(69)60(68)59(67)57(53-64)71-62)56(65)51-49-47-45-43-41-39-37-35-33-31-24-22-20-18-16-14-12-10-8-6-4-2/h5,7,11,13,17,19,23,25,27-28,30,32,36,38,42,44,55-57,59-62,64-65,67-69H,3-4,6,8-10,12,14-16,18,20-22,24,26,29,31,33-35,37,39-41,43,45-54H2,1-2H3,(H,63,66)/b7-5-,13-11-,19-17-,25-23-,28-27-,32-30-,38-36-,44-42-. The number of rotatable bonds is 48. The van der Waals surface area contributed by atoms with Crippen molar-refractivity contribution in [2.75, 3.05) is 13.2 Å². The van der Waals surface area contributed by atoms with Crippen LogP contribution in [0.5, 0.6) is 0 Å². The van der Waals surface area contributed by atoms with Crippen LogP contribution in [0.1, 0.15) is 232 Å².